The van der Waals surface area contributed by atoms with Gasteiger partial charge >= 0.3 is 5.76 Å². The van der Waals surface area contributed by atoms with Gasteiger partial charge in [0.25, 0.3) is 5.91 Å². The Morgan fingerprint density at radius 3 is 2.67 bits per heavy atom. The molecule has 1 aromatic heterocycles. The first kappa shape index (κ1) is 15.9. The highest BCUT2D eigenvalue weighted by atomic mass is 19.2. The molecule has 1 N–H and O–H groups in total. The van der Waals surface area contributed by atoms with Gasteiger partial charge in [-0.25, -0.2) is 18.0 Å². The van der Waals surface area contributed by atoms with Gasteiger partial charge < -0.3 is 9.73 Å². The summed E-state index contributed by atoms with van der Waals surface area (Å²) in [6.45, 7) is -0.00812. The largest absolute Gasteiger partial charge is 0.419 e. The van der Waals surface area contributed by atoms with Crippen LogP contribution in [-0.2, 0) is 13.6 Å². The quantitative estimate of drug-likeness (QED) is 0.748. The number of aromatic nitrogens is 1. The Labute approximate surface area is 133 Å². The lowest BCUT2D eigenvalue weighted by Gasteiger charge is -2.07. The van der Waals surface area contributed by atoms with Gasteiger partial charge in [-0.2, -0.15) is 0 Å². The third-order valence-corrected chi connectivity index (χ3v) is 3.59. The fourth-order valence-corrected chi connectivity index (χ4v) is 2.27. The summed E-state index contributed by atoms with van der Waals surface area (Å²) in [6, 6.07) is 6.39. The Hall–Kier alpha value is -3.03. The molecule has 2 aromatic carbocycles. The number of hydrogen-bond acceptors (Lipinski definition) is 3. The number of hydrogen-bond donors (Lipinski definition) is 1. The molecule has 0 aliphatic carbocycles. The number of rotatable bonds is 3. The number of carbonyl (C=O) groups is 1. The highest BCUT2D eigenvalue weighted by molar-refractivity contribution is 5.94. The fraction of sp³-hybridized carbons (Fsp3) is 0.125. The maximum Gasteiger partial charge on any atom is 0.419 e. The minimum Gasteiger partial charge on any atom is -0.408 e. The maximum atomic E-state index is 13.6. The summed E-state index contributed by atoms with van der Waals surface area (Å²) in [5.41, 5.74) is 0.921. The monoisotopic (exact) mass is 336 g/mol. The summed E-state index contributed by atoms with van der Waals surface area (Å²) < 4.78 is 45.9. The number of nitrogens with zero attached hydrogens (tertiary/aromatic N) is 1. The summed E-state index contributed by atoms with van der Waals surface area (Å²) in [4.78, 5) is 23.3. The van der Waals surface area contributed by atoms with Gasteiger partial charge in [-0.3, -0.25) is 9.36 Å². The normalized spacial score (nSPS) is 11.0. The number of aryl methyl sites for hydroxylation is 1. The van der Waals surface area contributed by atoms with E-state index in [4.69, 9.17) is 4.42 Å². The number of halogens is 3. The van der Waals surface area contributed by atoms with Crippen molar-refractivity contribution in [2.24, 2.45) is 7.05 Å². The molecule has 3 aromatic rings. The van der Waals surface area contributed by atoms with Gasteiger partial charge in [0.1, 0.15) is 0 Å². The van der Waals surface area contributed by atoms with Gasteiger partial charge in [-0.05, 0) is 29.8 Å². The lowest BCUT2D eigenvalue weighted by atomic mass is 10.1. The number of benzene rings is 2. The van der Waals surface area contributed by atoms with E-state index in [-0.39, 0.29) is 6.54 Å². The van der Waals surface area contributed by atoms with E-state index < -0.39 is 34.7 Å². The van der Waals surface area contributed by atoms with E-state index in [0.717, 1.165) is 6.07 Å². The molecule has 0 spiro atoms. The zero-order valence-corrected chi connectivity index (χ0v) is 12.4. The van der Waals surface area contributed by atoms with Crippen molar-refractivity contribution in [3.8, 4) is 0 Å². The van der Waals surface area contributed by atoms with E-state index >= 15 is 0 Å². The first-order chi connectivity index (χ1) is 11.4. The van der Waals surface area contributed by atoms with Gasteiger partial charge in [-0.1, -0.05) is 6.07 Å². The van der Waals surface area contributed by atoms with Crippen LogP contribution in [0.2, 0.25) is 0 Å². The van der Waals surface area contributed by atoms with Crippen LogP contribution in [0.4, 0.5) is 13.2 Å². The number of amides is 1. The SMILES string of the molecule is Cn1c(=O)oc2cc(CNC(=O)c3ccc(F)c(F)c3F)ccc21. The molecule has 1 heterocycles. The number of nitrogens with one attached hydrogen (secondary N) is 1. The minimum atomic E-state index is -1.70. The molecular formula is C16H11F3N2O3. The molecule has 0 fully saturated rings. The molecule has 0 aliphatic rings. The van der Waals surface area contributed by atoms with Crippen LogP contribution in [0, 0.1) is 17.5 Å². The first-order valence-corrected chi connectivity index (χ1v) is 6.88. The van der Waals surface area contributed by atoms with Crippen LogP contribution in [0.25, 0.3) is 11.1 Å². The van der Waals surface area contributed by atoms with Crippen LogP contribution in [0.5, 0.6) is 0 Å². The standard InChI is InChI=1S/C16H11F3N2O3/c1-21-11-5-2-8(6-12(11)24-16(21)23)7-20-15(22)9-3-4-10(17)14(19)13(9)18/h2-6H,7H2,1H3,(H,20,22). The topological polar surface area (TPSA) is 64.2 Å². The lowest BCUT2D eigenvalue weighted by molar-refractivity contribution is 0.0945. The van der Waals surface area contributed by atoms with E-state index in [2.05, 4.69) is 5.32 Å². The molecule has 24 heavy (non-hydrogen) atoms. The highest BCUT2D eigenvalue weighted by Gasteiger charge is 2.18. The molecular weight excluding hydrogens is 325 g/mol. The predicted molar refractivity (Wildman–Crippen MR) is 78.9 cm³/mol. The van der Waals surface area contributed by atoms with Gasteiger partial charge in [0.15, 0.2) is 23.0 Å². The third kappa shape index (κ3) is 2.66. The smallest absolute Gasteiger partial charge is 0.408 e. The zero-order chi connectivity index (χ0) is 17.4. The van der Waals surface area contributed by atoms with Crippen molar-refractivity contribution in [2.45, 2.75) is 6.54 Å². The number of oxazole rings is 1. The Morgan fingerprint density at radius 1 is 1.17 bits per heavy atom. The molecule has 0 atom stereocenters. The Kier molecular flexibility index (Phi) is 3.88. The summed E-state index contributed by atoms with van der Waals surface area (Å²) in [5.74, 6) is -6.02. The third-order valence-electron chi connectivity index (χ3n) is 3.59. The lowest BCUT2D eigenvalue weighted by Crippen LogP contribution is -2.24. The Balaban J connectivity index is 1.79. The summed E-state index contributed by atoms with van der Waals surface area (Å²) in [5, 5.41) is 2.39. The first-order valence-electron chi connectivity index (χ1n) is 6.88. The molecule has 1 amide bonds. The molecule has 124 valence electrons. The second kappa shape index (κ2) is 5.88. The highest BCUT2D eigenvalue weighted by Crippen LogP contribution is 2.16. The van der Waals surface area contributed by atoms with Crippen molar-refractivity contribution < 1.29 is 22.4 Å². The van der Waals surface area contributed by atoms with E-state index in [1.165, 1.54) is 4.57 Å². The second-order valence-corrected chi connectivity index (χ2v) is 5.13. The van der Waals surface area contributed by atoms with Crippen molar-refractivity contribution >= 4 is 17.0 Å². The molecule has 8 heteroatoms. The summed E-state index contributed by atoms with van der Waals surface area (Å²) in [7, 11) is 1.56. The van der Waals surface area contributed by atoms with Crippen LogP contribution in [0.1, 0.15) is 15.9 Å². The van der Waals surface area contributed by atoms with Gasteiger partial charge in [0, 0.05) is 13.6 Å². The van der Waals surface area contributed by atoms with Crippen LogP contribution in [0.15, 0.2) is 39.5 Å². The number of fused-ring (bicyclic) bond motifs is 1. The number of carbonyl (C=O) groups excluding carboxylic acids is 1. The van der Waals surface area contributed by atoms with Crippen LogP contribution < -0.4 is 11.1 Å². The van der Waals surface area contributed by atoms with Crippen molar-refractivity contribution in [2.75, 3.05) is 0 Å². The van der Waals surface area contributed by atoms with E-state index in [1.54, 1.807) is 25.2 Å². The van der Waals surface area contributed by atoms with Crippen LogP contribution >= 0.6 is 0 Å². The fourth-order valence-electron chi connectivity index (χ4n) is 2.27. The average molecular weight is 336 g/mol. The van der Waals surface area contributed by atoms with Gasteiger partial charge in [-0.15, -0.1) is 0 Å². The average Bonchev–Trinajstić information content (AvgIpc) is 2.84. The van der Waals surface area contributed by atoms with Crippen molar-refractivity contribution in [3.63, 3.8) is 0 Å². The predicted octanol–water partition coefficient (Wildman–Crippen LogP) is 2.48. The molecule has 3 rings (SSSR count). The molecule has 0 unspecified atom stereocenters. The molecule has 5 nitrogen and oxygen atoms in total. The van der Waals surface area contributed by atoms with Gasteiger partial charge in [0.2, 0.25) is 0 Å². The van der Waals surface area contributed by atoms with E-state index in [9.17, 15) is 22.8 Å². The zero-order valence-electron chi connectivity index (χ0n) is 12.4. The van der Waals surface area contributed by atoms with Crippen LogP contribution in [-0.4, -0.2) is 10.5 Å². The van der Waals surface area contributed by atoms with Crippen molar-refractivity contribution in [1.82, 2.24) is 9.88 Å². The van der Waals surface area contributed by atoms with E-state index in [0.29, 0.717) is 22.7 Å². The molecule has 0 aliphatic heterocycles. The molecule has 0 bridgehead atoms. The second-order valence-electron chi connectivity index (χ2n) is 5.13. The van der Waals surface area contributed by atoms with Crippen molar-refractivity contribution in [1.29, 1.82) is 0 Å². The molecule has 0 radical (unpaired) electrons. The van der Waals surface area contributed by atoms with Crippen molar-refractivity contribution in [3.05, 3.63) is 69.5 Å². The summed E-state index contributed by atoms with van der Waals surface area (Å²) in [6.07, 6.45) is 0. The van der Waals surface area contributed by atoms with Gasteiger partial charge in [0.05, 0.1) is 11.1 Å². The summed E-state index contributed by atoms with van der Waals surface area (Å²) >= 11 is 0. The minimum absolute atomic E-state index is 0.00812. The Morgan fingerprint density at radius 2 is 1.92 bits per heavy atom. The maximum absolute atomic E-state index is 13.6. The molecule has 0 saturated carbocycles. The Bertz CT molecular complexity index is 1010. The van der Waals surface area contributed by atoms with Crippen LogP contribution in [0.3, 0.4) is 0 Å². The van der Waals surface area contributed by atoms with E-state index in [1.807, 2.05) is 0 Å². The molecule has 0 saturated heterocycles.